The number of hydrogen-bond donors (Lipinski definition) is 1. The first-order chi connectivity index (χ1) is 9.65. The van der Waals surface area contributed by atoms with E-state index in [4.69, 9.17) is 4.74 Å². The van der Waals surface area contributed by atoms with Crippen LogP contribution >= 0.6 is 15.9 Å². The van der Waals surface area contributed by atoms with Crippen molar-refractivity contribution in [1.82, 2.24) is 9.55 Å². The Morgan fingerprint density at radius 3 is 3.00 bits per heavy atom. The van der Waals surface area contributed by atoms with E-state index in [1.54, 1.807) is 6.92 Å². The van der Waals surface area contributed by atoms with Gasteiger partial charge in [-0.1, -0.05) is 22.0 Å². The molecule has 2 aromatic rings. The first-order valence-corrected chi connectivity index (χ1v) is 7.55. The zero-order chi connectivity index (χ0) is 14.1. The van der Waals surface area contributed by atoms with Gasteiger partial charge in [0.05, 0.1) is 24.3 Å². The summed E-state index contributed by atoms with van der Waals surface area (Å²) in [6, 6.07) is 6.26. The van der Waals surface area contributed by atoms with Crippen LogP contribution in [0, 0.1) is 0 Å². The van der Waals surface area contributed by atoms with Crippen LogP contribution in [0.4, 0.5) is 0 Å². The molecule has 4 nitrogen and oxygen atoms in total. The van der Waals surface area contributed by atoms with Crippen molar-refractivity contribution in [2.24, 2.45) is 0 Å². The van der Waals surface area contributed by atoms with Gasteiger partial charge in [0.15, 0.2) is 0 Å². The maximum Gasteiger partial charge on any atom is 0.130 e. The van der Waals surface area contributed by atoms with E-state index < -0.39 is 6.10 Å². The Labute approximate surface area is 126 Å². The summed E-state index contributed by atoms with van der Waals surface area (Å²) in [6.45, 7) is 2.21. The number of ether oxygens (including phenoxy) is 1. The van der Waals surface area contributed by atoms with Crippen molar-refractivity contribution in [2.75, 3.05) is 0 Å². The van der Waals surface area contributed by atoms with E-state index in [0.717, 1.165) is 15.7 Å². The summed E-state index contributed by atoms with van der Waals surface area (Å²) in [5.74, 6) is 0.706. The number of aliphatic hydroxyl groups is 1. The number of imidazole rings is 1. The van der Waals surface area contributed by atoms with Crippen molar-refractivity contribution in [3.8, 4) is 5.75 Å². The molecule has 0 spiro atoms. The minimum atomic E-state index is -0.550. The molecule has 0 aliphatic heterocycles. The van der Waals surface area contributed by atoms with Gasteiger partial charge >= 0.3 is 0 Å². The van der Waals surface area contributed by atoms with Crippen LogP contribution in [0.2, 0.25) is 0 Å². The Balaban J connectivity index is 1.77. The highest BCUT2D eigenvalue weighted by Crippen LogP contribution is 2.36. The maximum atomic E-state index is 9.79. The Hall–Kier alpha value is -1.33. The summed E-state index contributed by atoms with van der Waals surface area (Å²) < 4.78 is 9.01. The summed E-state index contributed by atoms with van der Waals surface area (Å²) in [5.41, 5.74) is 1.87. The Kier molecular flexibility index (Phi) is 3.81. The van der Waals surface area contributed by atoms with Gasteiger partial charge in [-0.3, -0.25) is 0 Å². The first kappa shape index (κ1) is 13.6. The zero-order valence-corrected chi connectivity index (χ0v) is 12.9. The molecule has 1 atom stereocenters. The van der Waals surface area contributed by atoms with Crippen molar-refractivity contribution < 1.29 is 9.84 Å². The second-order valence-electron chi connectivity index (χ2n) is 5.17. The third-order valence-electron chi connectivity index (χ3n) is 3.49. The van der Waals surface area contributed by atoms with Gasteiger partial charge in [-0.05, 0) is 31.9 Å². The van der Waals surface area contributed by atoms with Gasteiger partial charge in [0.1, 0.15) is 12.4 Å². The van der Waals surface area contributed by atoms with Crippen LogP contribution in [-0.2, 0) is 6.61 Å². The highest BCUT2D eigenvalue weighted by molar-refractivity contribution is 9.10. The molecule has 20 heavy (non-hydrogen) atoms. The zero-order valence-electron chi connectivity index (χ0n) is 11.3. The highest BCUT2D eigenvalue weighted by atomic mass is 79.9. The number of rotatable bonds is 5. The van der Waals surface area contributed by atoms with Crippen LogP contribution in [0.3, 0.4) is 0 Å². The van der Waals surface area contributed by atoms with E-state index in [0.29, 0.717) is 18.4 Å². The van der Waals surface area contributed by atoms with Crippen molar-refractivity contribution >= 4 is 15.9 Å². The van der Waals surface area contributed by atoms with Crippen molar-refractivity contribution in [3.63, 3.8) is 0 Å². The number of hydrogen-bond acceptors (Lipinski definition) is 3. The van der Waals surface area contributed by atoms with Gasteiger partial charge in [-0.2, -0.15) is 0 Å². The largest absolute Gasteiger partial charge is 0.487 e. The van der Waals surface area contributed by atoms with Gasteiger partial charge < -0.3 is 14.4 Å². The van der Waals surface area contributed by atoms with Gasteiger partial charge in [-0.25, -0.2) is 4.98 Å². The van der Waals surface area contributed by atoms with Crippen molar-refractivity contribution in [1.29, 1.82) is 0 Å². The maximum absolute atomic E-state index is 9.79. The van der Waals surface area contributed by atoms with Crippen LogP contribution in [0.25, 0.3) is 0 Å². The average Bonchev–Trinajstić information content (AvgIpc) is 3.15. The number of aliphatic hydroxyl groups excluding tert-OH is 1. The van der Waals surface area contributed by atoms with E-state index >= 15 is 0 Å². The minimum Gasteiger partial charge on any atom is -0.487 e. The fraction of sp³-hybridized carbons (Fsp3) is 0.400. The van der Waals surface area contributed by atoms with Gasteiger partial charge in [0.25, 0.3) is 0 Å². The van der Waals surface area contributed by atoms with Crippen molar-refractivity contribution in [2.45, 2.75) is 38.5 Å². The molecular formula is C15H17BrN2O2. The fourth-order valence-electron chi connectivity index (χ4n) is 2.26. The Morgan fingerprint density at radius 1 is 1.50 bits per heavy atom. The van der Waals surface area contributed by atoms with Gasteiger partial charge in [-0.15, -0.1) is 0 Å². The summed E-state index contributed by atoms with van der Waals surface area (Å²) in [4.78, 5) is 4.20. The SMILES string of the molecule is C[C@@H](O)c1ccc(Br)cc1OCc1cncn1C1CC1. The highest BCUT2D eigenvalue weighted by Gasteiger charge is 2.25. The number of benzene rings is 1. The van der Waals surface area contributed by atoms with E-state index in [1.165, 1.54) is 12.8 Å². The smallest absolute Gasteiger partial charge is 0.130 e. The summed E-state index contributed by atoms with van der Waals surface area (Å²) in [7, 11) is 0. The van der Waals surface area contributed by atoms with Gasteiger partial charge in [0, 0.05) is 16.1 Å². The molecule has 0 unspecified atom stereocenters. The summed E-state index contributed by atoms with van der Waals surface area (Å²) in [6.07, 6.45) is 5.61. The molecule has 1 fully saturated rings. The molecular weight excluding hydrogens is 320 g/mol. The minimum absolute atomic E-state index is 0.465. The lowest BCUT2D eigenvalue weighted by molar-refractivity contribution is 0.189. The molecule has 0 radical (unpaired) electrons. The molecule has 0 bridgehead atoms. The molecule has 1 aromatic heterocycles. The monoisotopic (exact) mass is 336 g/mol. The quantitative estimate of drug-likeness (QED) is 0.907. The van der Waals surface area contributed by atoms with E-state index in [1.807, 2.05) is 30.7 Å². The number of halogens is 1. The normalized spacial score (nSPS) is 16.1. The average molecular weight is 337 g/mol. The molecule has 5 heteroatoms. The number of nitrogens with zero attached hydrogens (tertiary/aromatic N) is 2. The van der Waals surface area contributed by atoms with E-state index in [-0.39, 0.29) is 0 Å². The third-order valence-corrected chi connectivity index (χ3v) is 3.98. The first-order valence-electron chi connectivity index (χ1n) is 6.76. The van der Waals surface area contributed by atoms with Crippen LogP contribution in [0.1, 0.15) is 43.2 Å². The van der Waals surface area contributed by atoms with Crippen LogP contribution < -0.4 is 4.74 Å². The van der Waals surface area contributed by atoms with Crippen LogP contribution in [-0.4, -0.2) is 14.7 Å². The molecule has 1 aliphatic carbocycles. The Bertz CT molecular complexity index is 606. The molecule has 0 amide bonds. The molecule has 106 valence electrons. The summed E-state index contributed by atoms with van der Waals surface area (Å²) >= 11 is 3.43. The molecule has 1 N–H and O–H groups in total. The number of aromatic nitrogens is 2. The second kappa shape index (κ2) is 5.58. The lowest BCUT2D eigenvalue weighted by Gasteiger charge is -2.14. The van der Waals surface area contributed by atoms with Crippen molar-refractivity contribution in [3.05, 3.63) is 46.5 Å². The molecule has 3 rings (SSSR count). The lowest BCUT2D eigenvalue weighted by atomic mass is 10.1. The standard InChI is InChI=1S/C15H17BrN2O2/c1-10(19)14-5-2-11(16)6-15(14)20-8-13-7-17-9-18(13)12-3-4-12/h2,5-7,9-10,12,19H,3-4,8H2,1H3/t10-/m1/s1. The van der Waals surface area contributed by atoms with E-state index in [2.05, 4.69) is 25.5 Å². The van der Waals surface area contributed by atoms with Gasteiger partial charge in [0.2, 0.25) is 0 Å². The van der Waals surface area contributed by atoms with Crippen LogP contribution in [0.5, 0.6) is 5.75 Å². The topological polar surface area (TPSA) is 47.3 Å². The molecule has 1 aliphatic rings. The summed E-state index contributed by atoms with van der Waals surface area (Å²) in [5, 5.41) is 9.79. The Morgan fingerprint density at radius 2 is 2.30 bits per heavy atom. The molecule has 0 saturated heterocycles. The second-order valence-corrected chi connectivity index (χ2v) is 6.09. The fourth-order valence-corrected chi connectivity index (χ4v) is 2.60. The third kappa shape index (κ3) is 2.88. The molecule has 1 heterocycles. The molecule has 1 saturated carbocycles. The lowest BCUT2D eigenvalue weighted by Crippen LogP contribution is -2.05. The predicted octanol–water partition coefficient (Wildman–Crippen LogP) is 3.61. The van der Waals surface area contributed by atoms with Crippen LogP contribution in [0.15, 0.2) is 35.2 Å². The van der Waals surface area contributed by atoms with E-state index in [9.17, 15) is 5.11 Å². The molecule has 1 aromatic carbocycles. The predicted molar refractivity (Wildman–Crippen MR) is 79.6 cm³/mol.